The zero-order chi connectivity index (χ0) is 22.4. The first-order chi connectivity index (χ1) is 14.6. The van der Waals surface area contributed by atoms with Gasteiger partial charge in [-0.3, -0.25) is 19.2 Å². The summed E-state index contributed by atoms with van der Waals surface area (Å²) < 4.78 is 5.10. The molecular weight excluding hydrogens is 396 g/mol. The summed E-state index contributed by atoms with van der Waals surface area (Å²) in [6.45, 7) is 4.37. The summed E-state index contributed by atoms with van der Waals surface area (Å²) in [7, 11) is 0. The fourth-order valence-electron chi connectivity index (χ4n) is 7.62. The molecule has 31 heavy (non-hydrogen) atoms. The number of allylic oxidation sites excluding steroid dienone is 1. The molecule has 0 heterocycles. The number of esters is 1. The van der Waals surface area contributed by atoms with E-state index < -0.39 is 11.9 Å². The van der Waals surface area contributed by atoms with Crippen LogP contribution in [0.5, 0.6) is 0 Å². The minimum Gasteiger partial charge on any atom is -0.481 e. The molecule has 0 saturated heterocycles. The monoisotopic (exact) mass is 430 g/mol. The van der Waals surface area contributed by atoms with Crippen LogP contribution in [0.3, 0.4) is 0 Å². The Kier molecular flexibility index (Phi) is 5.86. The minimum absolute atomic E-state index is 0.0157. The van der Waals surface area contributed by atoms with Gasteiger partial charge in [0.05, 0.1) is 12.8 Å². The Morgan fingerprint density at radius 2 is 1.81 bits per heavy atom. The number of aliphatic carboxylic acids is 1. The maximum atomic E-state index is 13.0. The van der Waals surface area contributed by atoms with E-state index in [0.717, 1.165) is 44.9 Å². The summed E-state index contributed by atoms with van der Waals surface area (Å²) in [4.78, 5) is 47.3. The molecule has 0 spiro atoms. The average molecular weight is 431 g/mol. The molecule has 4 rings (SSSR count). The SMILES string of the molecule is CC12CCC(=O)C=C1CCC1C2CCC2(C)C(C(=O)COC(=O)CCC(=O)O)CCC12. The van der Waals surface area contributed by atoms with Gasteiger partial charge in [-0.25, -0.2) is 0 Å². The van der Waals surface area contributed by atoms with Crippen LogP contribution in [0.25, 0.3) is 0 Å². The number of carboxylic acid groups (broad SMARTS) is 1. The fourth-order valence-corrected chi connectivity index (χ4v) is 7.62. The predicted octanol–water partition coefficient (Wildman–Crippen LogP) is 4.11. The molecule has 0 aliphatic heterocycles. The quantitative estimate of drug-likeness (QED) is 0.637. The first-order valence-electron chi connectivity index (χ1n) is 11.8. The summed E-state index contributed by atoms with van der Waals surface area (Å²) in [5.74, 6) is 0.168. The van der Waals surface area contributed by atoms with Crippen molar-refractivity contribution in [1.82, 2.24) is 0 Å². The van der Waals surface area contributed by atoms with Crippen molar-refractivity contribution in [2.75, 3.05) is 6.61 Å². The summed E-state index contributed by atoms with van der Waals surface area (Å²) in [5.41, 5.74) is 1.42. The molecule has 4 aliphatic carbocycles. The average Bonchev–Trinajstić information content (AvgIpc) is 3.08. The number of hydrogen-bond acceptors (Lipinski definition) is 5. The third-order valence-electron chi connectivity index (χ3n) is 9.27. The highest BCUT2D eigenvalue weighted by atomic mass is 16.5. The molecule has 6 unspecified atom stereocenters. The number of carbonyl (C=O) groups excluding carboxylic acids is 3. The Morgan fingerprint density at radius 1 is 1.03 bits per heavy atom. The van der Waals surface area contributed by atoms with Crippen LogP contribution < -0.4 is 0 Å². The number of carboxylic acids is 1. The van der Waals surface area contributed by atoms with E-state index in [1.807, 2.05) is 6.08 Å². The van der Waals surface area contributed by atoms with Gasteiger partial charge in [-0.15, -0.1) is 0 Å². The molecule has 0 aromatic carbocycles. The van der Waals surface area contributed by atoms with E-state index in [9.17, 15) is 19.2 Å². The van der Waals surface area contributed by atoms with Crippen molar-refractivity contribution in [2.24, 2.45) is 34.5 Å². The number of carbonyl (C=O) groups is 4. The molecule has 0 radical (unpaired) electrons. The van der Waals surface area contributed by atoms with Crippen molar-refractivity contribution in [3.63, 3.8) is 0 Å². The molecule has 0 aromatic rings. The van der Waals surface area contributed by atoms with E-state index in [-0.39, 0.29) is 47.8 Å². The van der Waals surface area contributed by atoms with Gasteiger partial charge in [0.25, 0.3) is 0 Å². The standard InChI is InChI=1S/C25H34O6/c1-24-11-9-16(26)13-15(24)3-4-17-18-5-6-20(25(18,2)12-10-19(17)24)21(27)14-31-23(30)8-7-22(28)29/h13,17-20H,3-12,14H2,1-2H3,(H,28,29). The maximum Gasteiger partial charge on any atom is 0.306 e. The van der Waals surface area contributed by atoms with Gasteiger partial charge in [-0.2, -0.15) is 0 Å². The van der Waals surface area contributed by atoms with Gasteiger partial charge in [0, 0.05) is 12.3 Å². The third kappa shape index (κ3) is 3.87. The topological polar surface area (TPSA) is 97.7 Å². The van der Waals surface area contributed by atoms with E-state index in [1.165, 1.54) is 5.57 Å². The second kappa shape index (κ2) is 8.18. The summed E-state index contributed by atoms with van der Waals surface area (Å²) in [6.07, 6.45) is 9.11. The maximum absolute atomic E-state index is 13.0. The van der Waals surface area contributed by atoms with Crippen molar-refractivity contribution in [1.29, 1.82) is 0 Å². The van der Waals surface area contributed by atoms with Crippen LogP contribution >= 0.6 is 0 Å². The first-order valence-corrected chi connectivity index (χ1v) is 11.8. The van der Waals surface area contributed by atoms with Crippen molar-refractivity contribution < 1.29 is 29.0 Å². The molecule has 0 amide bonds. The molecule has 1 N–H and O–H groups in total. The van der Waals surface area contributed by atoms with E-state index in [0.29, 0.717) is 24.2 Å². The lowest BCUT2D eigenvalue weighted by Crippen LogP contribution is -2.51. The molecule has 6 nitrogen and oxygen atoms in total. The minimum atomic E-state index is -1.05. The van der Waals surface area contributed by atoms with Crippen LogP contribution in [0.1, 0.15) is 78.1 Å². The van der Waals surface area contributed by atoms with Gasteiger partial charge >= 0.3 is 11.9 Å². The lowest BCUT2D eigenvalue weighted by atomic mass is 9.46. The molecular formula is C25H34O6. The Labute approximate surface area is 183 Å². The lowest BCUT2D eigenvalue weighted by molar-refractivity contribution is -0.152. The molecule has 0 aromatic heterocycles. The highest BCUT2D eigenvalue weighted by Crippen LogP contribution is 2.66. The van der Waals surface area contributed by atoms with E-state index >= 15 is 0 Å². The Balaban J connectivity index is 1.43. The van der Waals surface area contributed by atoms with Crippen molar-refractivity contribution >= 4 is 23.5 Å². The van der Waals surface area contributed by atoms with Crippen LogP contribution in [0, 0.1) is 34.5 Å². The number of ether oxygens (including phenoxy) is 1. The van der Waals surface area contributed by atoms with E-state index in [4.69, 9.17) is 9.84 Å². The van der Waals surface area contributed by atoms with E-state index in [1.54, 1.807) is 0 Å². The smallest absolute Gasteiger partial charge is 0.306 e. The second-order valence-corrected chi connectivity index (χ2v) is 10.7. The molecule has 4 aliphatic rings. The highest BCUT2D eigenvalue weighted by molar-refractivity contribution is 5.91. The fraction of sp³-hybridized carbons (Fsp3) is 0.760. The Morgan fingerprint density at radius 3 is 2.55 bits per heavy atom. The van der Waals surface area contributed by atoms with Crippen LogP contribution in [0.4, 0.5) is 0 Å². The molecule has 6 heteroatoms. The molecule has 3 fully saturated rings. The van der Waals surface area contributed by atoms with Gasteiger partial charge in [-0.05, 0) is 79.6 Å². The van der Waals surface area contributed by atoms with Gasteiger partial charge in [0.1, 0.15) is 6.61 Å². The zero-order valence-corrected chi connectivity index (χ0v) is 18.7. The lowest BCUT2D eigenvalue weighted by Gasteiger charge is -2.58. The van der Waals surface area contributed by atoms with E-state index in [2.05, 4.69) is 13.8 Å². The van der Waals surface area contributed by atoms with Crippen LogP contribution in [0.15, 0.2) is 11.6 Å². The Bertz CT molecular complexity index is 828. The van der Waals surface area contributed by atoms with Gasteiger partial charge in [0.2, 0.25) is 0 Å². The highest BCUT2D eigenvalue weighted by Gasteiger charge is 2.60. The van der Waals surface area contributed by atoms with Crippen LogP contribution in [-0.4, -0.2) is 35.2 Å². The van der Waals surface area contributed by atoms with Crippen molar-refractivity contribution in [3.8, 4) is 0 Å². The first kappa shape index (κ1) is 22.2. The second-order valence-electron chi connectivity index (χ2n) is 10.7. The zero-order valence-electron chi connectivity index (χ0n) is 18.7. The summed E-state index contributed by atoms with van der Waals surface area (Å²) >= 11 is 0. The number of rotatable bonds is 6. The van der Waals surface area contributed by atoms with Crippen molar-refractivity contribution in [2.45, 2.75) is 78.1 Å². The number of Topliss-reactive ketones (excluding diaryl/α,β-unsaturated/α-hetero) is 1. The molecule has 3 saturated carbocycles. The molecule has 6 atom stereocenters. The van der Waals surface area contributed by atoms with Gasteiger partial charge in [0.15, 0.2) is 11.6 Å². The van der Waals surface area contributed by atoms with Crippen LogP contribution in [0.2, 0.25) is 0 Å². The van der Waals surface area contributed by atoms with Gasteiger partial charge in [-0.1, -0.05) is 19.4 Å². The third-order valence-corrected chi connectivity index (χ3v) is 9.27. The summed E-state index contributed by atoms with van der Waals surface area (Å²) in [5, 5.41) is 8.68. The number of hydrogen-bond donors (Lipinski definition) is 1. The number of ketones is 2. The predicted molar refractivity (Wildman–Crippen MR) is 113 cm³/mol. The summed E-state index contributed by atoms with van der Waals surface area (Å²) in [6, 6.07) is 0. The van der Waals surface area contributed by atoms with Crippen LogP contribution in [-0.2, 0) is 23.9 Å². The normalized spacial score (nSPS) is 39.0. The Hall–Kier alpha value is -1.98. The molecule has 170 valence electrons. The van der Waals surface area contributed by atoms with Gasteiger partial charge < -0.3 is 9.84 Å². The largest absolute Gasteiger partial charge is 0.481 e. The molecule has 0 bridgehead atoms. The number of fused-ring (bicyclic) bond motifs is 5. The van der Waals surface area contributed by atoms with Crippen molar-refractivity contribution in [3.05, 3.63) is 11.6 Å².